The van der Waals surface area contributed by atoms with Gasteiger partial charge in [-0.2, -0.15) is 0 Å². The van der Waals surface area contributed by atoms with Gasteiger partial charge in [-0.15, -0.1) is 24.0 Å². The number of rotatable bonds is 6. The fourth-order valence-corrected chi connectivity index (χ4v) is 3.60. The summed E-state index contributed by atoms with van der Waals surface area (Å²) in [7, 11) is 0. The van der Waals surface area contributed by atoms with Crippen molar-refractivity contribution in [2.75, 3.05) is 39.4 Å². The molecule has 0 bridgehead atoms. The first-order valence-corrected chi connectivity index (χ1v) is 9.57. The molecule has 1 saturated carbocycles. The topological polar surface area (TPSA) is 48.9 Å². The average Bonchev–Trinajstić information content (AvgIpc) is 2.57. The van der Waals surface area contributed by atoms with Gasteiger partial charge in [-0.3, -0.25) is 9.89 Å². The SMILES string of the molecule is CCNC(=NCC(C(C)C)N1CCOCC1)NC1CCCCC1.I. The van der Waals surface area contributed by atoms with E-state index >= 15 is 0 Å². The van der Waals surface area contributed by atoms with Crippen LogP contribution in [0.25, 0.3) is 0 Å². The highest BCUT2D eigenvalue weighted by Crippen LogP contribution is 2.17. The fraction of sp³-hybridized carbons (Fsp3) is 0.944. The van der Waals surface area contributed by atoms with Gasteiger partial charge in [0, 0.05) is 31.7 Å². The second-order valence-corrected chi connectivity index (χ2v) is 7.16. The van der Waals surface area contributed by atoms with Gasteiger partial charge in [-0.05, 0) is 25.7 Å². The van der Waals surface area contributed by atoms with Gasteiger partial charge in [0.2, 0.25) is 0 Å². The van der Waals surface area contributed by atoms with Crippen molar-refractivity contribution in [2.45, 2.75) is 65.0 Å². The Morgan fingerprint density at radius 1 is 1.17 bits per heavy atom. The number of aliphatic imine (C=N–C) groups is 1. The van der Waals surface area contributed by atoms with Gasteiger partial charge in [-0.1, -0.05) is 33.1 Å². The van der Waals surface area contributed by atoms with Crippen molar-refractivity contribution in [1.29, 1.82) is 0 Å². The molecule has 5 nitrogen and oxygen atoms in total. The number of ether oxygens (including phenoxy) is 1. The molecular weight excluding hydrogens is 415 g/mol. The molecule has 0 spiro atoms. The molecular formula is C18H37IN4O. The lowest BCUT2D eigenvalue weighted by molar-refractivity contribution is 0.00867. The Bertz CT molecular complexity index is 353. The molecule has 1 atom stereocenters. The van der Waals surface area contributed by atoms with Crippen molar-refractivity contribution in [2.24, 2.45) is 10.9 Å². The van der Waals surface area contributed by atoms with Crippen LogP contribution in [0.15, 0.2) is 4.99 Å². The predicted octanol–water partition coefficient (Wildman–Crippen LogP) is 2.85. The maximum Gasteiger partial charge on any atom is 0.191 e. The maximum atomic E-state index is 5.49. The van der Waals surface area contributed by atoms with Crippen LogP contribution in [0, 0.1) is 5.92 Å². The van der Waals surface area contributed by atoms with Gasteiger partial charge in [0.25, 0.3) is 0 Å². The van der Waals surface area contributed by atoms with Gasteiger partial charge in [0.15, 0.2) is 5.96 Å². The molecule has 1 heterocycles. The standard InChI is InChI=1S/C18H36N4O.HI/c1-4-19-18(21-16-8-6-5-7-9-16)20-14-17(15(2)3)22-10-12-23-13-11-22;/h15-17H,4-14H2,1-3H3,(H2,19,20,21);1H. The third-order valence-electron chi connectivity index (χ3n) is 5.01. The number of morpholine rings is 1. The molecule has 1 aliphatic heterocycles. The smallest absolute Gasteiger partial charge is 0.191 e. The lowest BCUT2D eigenvalue weighted by Gasteiger charge is -2.36. The number of halogens is 1. The molecule has 2 fully saturated rings. The van der Waals surface area contributed by atoms with Crippen LogP contribution in [-0.4, -0.2) is 62.3 Å². The summed E-state index contributed by atoms with van der Waals surface area (Å²) in [4.78, 5) is 7.46. The van der Waals surface area contributed by atoms with E-state index in [1.54, 1.807) is 0 Å². The summed E-state index contributed by atoms with van der Waals surface area (Å²) in [6.45, 7) is 12.3. The van der Waals surface area contributed by atoms with E-state index in [1.165, 1.54) is 32.1 Å². The van der Waals surface area contributed by atoms with Crippen LogP contribution >= 0.6 is 24.0 Å². The third-order valence-corrected chi connectivity index (χ3v) is 5.01. The summed E-state index contributed by atoms with van der Waals surface area (Å²) >= 11 is 0. The lowest BCUT2D eigenvalue weighted by atomic mass is 9.96. The van der Waals surface area contributed by atoms with Gasteiger partial charge < -0.3 is 15.4 Å². The Balaban J connectivity index is 0.00000288. The van der Waals surface area contributed by atoms with Crippen LogP contribution in [0.4, 0.5) is 0 Å². The van der Waals surface area contributed by atoms with Crippen LogP contribution in [0.3, 0.4) is 0 Å². The number of hydrogen-bond donors (Lipinski definition) is 2. The molecule has 0 amide bonds. The van der Waals surface area contributed by atoms with Crippen molar-refractivity contribution in [1.82, 2.24) is 15.5 Å². The summed E-state index contributed by atoms with van der Waals surface area (Å²) in [5.74, 6) is 1.60. The minimum absolute atomic E-state index is 0. The van der Waals surface area contributed by atoms with E-state index in [0.29, 0.717) is 18.0 Å². The van der Waals surface area contributed by atoms with Crippen molar-refractivity contribution >= 4 is 29.9 Å². The average molecular weight is 452 g/mol. The molecule has 0 radical (unpaired) electrons. The van der Waals surface area contributed by atoms with E-state index < -0.39 is 0 Å². The molecule has 0 aromatic heterocycles. The quantitative estimate of drug-likeness (QED) is 0.370. The molecule has 1 aliphatic carbocycles. The van der Waals surface area contributed by atoms with E-state index in [4.69, 9.17) is 9.73 Å². The highest BCUT2D eigenvalue weighted by atomic mass is 127. The lowest BCUT2D eigenvalue weighted by Crippen LogP contribution is -2.49. The normalized spacial score (nSPS) is 22.1. The molecule has 1 saturated heterocycles. The molecule has 6 heteroatoms. The zero-order valence-corrected chi connectivity index (χ0v) is 18.1. The molecule has 0 aromatic carbocycles. The van der Waals surface area contributed by atoms with Crippen molar-refractivity contribution in [3.8, 4) is 0 Å². The predicted molar refractivity (Wildman–Crippen MR) is 112 cm³/mol. The number of hydrogen-bond acceptors (Lipinski definition) is 3. The summed E-state index contributed by atoms with van der Waals surface area (Å²) in [5.41, 5.74) is 0. The highest BCUT2D eigenvalue weighted by molar-refractivity contribution is 14.0. The van der Waals surface area contributed by atoms with Crippen LogP contribution in [0.5, 0.6) is 0 Å². The van der Waals surface area contributed by atoms with Crippen LogP contribution in [-0.2, 0) is 4.74 Å². The molecule has 2 aliphatic rings. The zero-order valence-electron chi connectivity index (χ0n) is 15.7. The Labute approximate surface area is 165 Å². The molecule has 1 unspecified atom stereocenters. The Hall–Kier alpha value is -0.0800. The third kappa shape index (κ3) is 7.44. The Morgan fingerprint density at radius 3 is 2.42 bits per heavy atom. The van der Waals surface area contributed by atoms with Gasteiger partial charge in [-0.25, -0.2) is 0 Å². The first kappa shape index (κ1) is 22.0. The van der Waals surface area contributed by atoms with E-state index in [-0.39, 0.29) is 24.0 Å². The van der Waals surface area contributed by atoms with E-state index in [9.17, 15) is 0 Å². The largest absolute Gasteiger partial charge is 0.379 e. The number of nitrogens with zero attached hydrogens (tertiary/aromatic N) is 2. The molecule has 0 aromatic rings. The highest BCUT2D eigenvalue weighted by Gasteiger charge is 2.24. The van der Waals surface area contributed by atoms with Crippen LogP contribution < -0.4 is 10.6 Å². The molecule has 24 heavy (non-hydrogen) atoms. The van der Waals surface area contributed by atoms with Crippen molar-refractivity contribution in [3.63, 3.8) is 0 Å². The van der Waals surface area contributed by atoms with Gasteiger partial charge in [0.1, 0.15) is 0 Å². The van der Waals surface area contributed by atoms with Gasteiger partial charge >= 0.3 is 0 Å². The van der Waals surface area contributed by atoms with E-state index in [2.05, 4.69) is 36.3 Å². The summed E-state index contributed by atoms with van der Waals surface area (Å²) in [6.07, 6.45) is 6.64. The Morgan fingerprint density at radius 2 is 1.83 bits per heavy atom. The minimum Gasteiger partial charge on any atom is -0.379 e. The zero-order chi connectivity index (χ0) is 16.5. The monoisotopic (exact) mass is 452 g/mol. The van der Waals surface area contributed by atoms with Crippen molar-refractivity contribution in [3.05, 3.63) is 0 Å². The van der Waals surface area contributed by atoms with Crippen molar-refractivity contribution < 1.29 is 4.74 Å². The maximum absolute atomic E-state index is 5.49. The number of nitrogens with one attached hydrogen (secondary N) is 2. The van der Waals surface area contributed by atoms with Gasteiger partial charge in [0.05, 0.1) is 19.8 Å². The van der Waals surface area contributed by atoms with E-state index in [0.717, 1.165) is 45.4 Å². The summed E-state index contributed by atoms with van der Waals surface area (Å²) in [6, 6.07) is 1.10. The van der Waals surface area contributed by atoms with Crippen LogP contribution in [0.2, 0.25) is 0 Å². The Kier molecular flexibility index (Phi) is 11.3. The second-order valence-electron chi connectivity index (χ2n) is 7.16. The summed E-state index contributed by atoms with van der Waals surface area (Å²) in [5, 5.41) is 7.07. The first-order valence-electron chi connectivity index (χ1n) is 9.57. The van der Waals surface area contributed by atoms with E-state index in [1.807, 2.05) is 0 Å². The number of guanidine groups is 1. The minimum atomic E-state index is 0. The fourth-order valence-electron chi connectivity index (χ4n) is 3.60. The first-order chi connectivity index (χ1) is 11.2. The molecule has 142 valence electrons. The molecule has 2 N–H and O–H groups in total. The molecule has 2 rings (SSSR count). The summed E-state index contributed by atoms with van der Waals surface area (Å²) < 4.78 is 5.49. The van der Waals surface area contributed by atoms with Crippen LogP contribution in [0.1, 0.15) is 52.9 Å². The second kappa shape index (κ2) is 12.3.